The van der Waals surface area contributed by atoms with E-state index in [0.29, 0.717) is 12.4 Å². The Morgan fingerprint density at radius 1 is 1.31 bits per heavy atom. The van der Waals surface area contributed by atoms with Gasteiger partial charge >= 0.3 is 0 Å². The zero-order chi connectivity index (χ0) is 11.8. The molecule has 0 spiro atoms. The highest BCUT2D eigenvalue weighted by Crippen LogP contribution is 2.28. The van der Waals surface area contributed by atoms with E-state index in [1.54, 1.807) is 13.2 Å². The Kier molecular flexibility index (Phi) is 6.11. The maximum Gasteiger partial charge on any atom is 0.161 e. The molecule has 0 fully saturated rings. The number of thioether (sulfide) groups is 1. The first-order chi connectivity index (χ1) is 7.81. The molecule has 90 valence electrons. The van der Waals surface area contributed by atoms with Gasteiger partial charge in [0.2, 0.25) is 0 Å². The van der Waals surface area contributed by atoms with Gasteiger partial charge in [-0.25, -0.2) is 0 Å². The number of aliphatic hydroxyl groups excluding tert-OH is 1. The number of benzene rings is 1. The Morgan fingerprint density at radius 2 is 2.12 bits per heavy atom. The molecule has 0 saturated carbocycles. The molecule has 0 unspecified atom stereocenters. The molecule has 0 aromatic heterocycles. The van der Waals surface area contributed by atoms with Crippen molar-refractivity contribution in [2.75, 3.05) is 25.7 Å². The molecule has 0 radical (unpaired) electrons. The van der Waals surface area contributed by atoms with Crippen LogP contribution in [0.25, 0.3) is 0 Å². The summed E-state index contributed by atoms with van der Waals surface area (Å²) in [5.41, 5.74) is 0.827. The number of methoxy groups -OCH3 is 1. The summed E-state index contributed by atoms with van der Waals surface area (Å²) in [6.07, 6.45) is 3.10. The molecule has 0 saturated heterocycles. The molecule has 0 aliphatic rings. The van der Waals surface area contributed by atoms with Gasteiger partial charge in [0.25, 0.3) is 0 Å². The van der Waals surface area contributed by atoms with Gasteiger partial charge in [-0.2, -0.15) is 11.8 Å². The van der Waals surface area contributed by atoms with Crippen molar-refractivity contribution in [2.45, 2.75) is 13.0 Å². The molecular weight excluding hydrogens is 224 g/mol. The molecule has 1 N–H and O–H groups in total. The van der Waals surface area contributed by atoms with Crippen LogP contribution in [0.1, 0.15) is 12.0 Å². The van der Waals surface area contributed by atoms with E-state index in [4.69, 9.17) is 14.6 Å². The molecule has 0 bridgehead atoms. The summed E-state index contributed by atoms with van der Waals surface area (Å²) in [6.45, 7) is 0.707. The van der Waals surface area contributed by atoms with E-state index < -0.39 is 0 Å². The molecule has 1 rings (SSSR count). The second kappa shape index (κ2) is 7.41. The number of ether oxygens (including phenoxy) is 2. The quantitative estimate of drug-likeness (QED) is 0.745. The van der Waals surface area contributed by atoms with E-state index in [-0.39, 0.29) is 6.61 Å². The molecule has 1 aromatic carbocycles. The third-order valence-electron chi connectivity index (χ3n) is 2.16. The first-order valence-corrected chi connectivity index (χ1v) is 6.60. The zero-order valence-corrected chi connectivity index (χ0v) is 10.5. The highest BCUT2D eigenvalue weighted by atomic mass is 32.2. The van der Waals surface area contributed by atoms with Crippen LogP contribution in [0.15, 0.2) is 18.2 Å². The molecule has 16 heavy (non-hydrogen) atoms. The maximum atomic E-state index is 9.00. The molecule has 3 nitrogen and oxygen atoms in total. The van der Waals surface area contributed by atoms with Crippen LogP contribution in [0.3, 0.4) is 0 Å². The minimum absolute atomic E-state index is 0.0170. The van der Waals surface area contributed by atoms with Crippen LogP contribution in [0.2, 0.25) is 0 Å². The zero-order valence-electron chi connectivity index (χ0n) is 9.73. The lowest BCUT2D eigenvalue weighted by atomic mass is 10.2. The van der Waals surface area contributed by atoms with E-state index in [0.717, 1.165) is 23.5 Å². The lowest BCUT2D eigenvalue weighted by molar-refractivity contribution is 0.277. The fourth-order valence-electron chi connectivity index (χ4n) is 1.31. The molecular formula is C12H18O3S. The Labute approximate surface area is 101 Å². The first-order valence-electron chi connectivity index (χ1n) is 5.21. The summed E-state index contributed by atoms with van der Waals surface area (Å²) in [5, 5.41) is 9.00. The van der Waals surface area contributed by atoms with Gasteiger partial charge in [-0.3, -0.25) is 0 Å². The minimum Gasteiger partial charge on any atom is -0.493 e. The van der Waals surface area contributed by atoms with Crippen LogP contribution in [0.4, 0.5) is 0 Å². The monoisotopic (exact) mass is 242 g/mol. The van der Waals surface area contributed by atoms with Gasteiger partial charge in [-0.15, -0.1) is 0 Å². The largest absolute Gasteiger partial charge is 0.493 e. The Morgan fingerprint density at radius 3 is 2.75 bits per heavy atom. The maximum absolute atomic E-state index is 9.00. The van der Waals surface area contributed by atoms with Crippen LogP contribution >= 0.6 is 11.8 Å². The lowest BCUT2D eigenvalue weighted by Crippen LogP contribution is -2.01. The molecule has 0 aliphatic heterocycles. The van der Waals surface area contributed by atoms with Gasteiger partial charge in [-0.1, -0.05) is 6.07 Å². The standard InChI is InChI=1S/C12H18O3S/c1-14-12-8-10(9-13)4-5-11(12)15-6-3-7-16-2/h4-5,8,13H,3,6-7,9H2,1-2H3. The summed E-state index contributed by atoms with van der Waals surface area (Å²) < 4.78 is 10.8. The summed E-state index contributed by atoms with van der Waals surface area (Å²) >= 11 is 1.81. The van der Waals surface area contributed by atoms with E-state index in [1.165, 1.54) is 0 Å². The smallest absolute Gasteiger partial charge is 0.161 e. The van der Waals surface area contributed by atoms with E-state index >= 15 is 0 Å². The molecule has 0 atom stereocenters. The van der Waals surface area contributed by atoms with Crippen molar-refractivity contribution in [1.82, 2.24) is 0 Å². The number of hydrogen-bond acceptors (Lipinski definition) is 4. The van der Waals surface area contributed by atoms with Crippen molar-refractivity contribution in [3.63, 3.8) is 0 Å². The fraction of sp³-hybridized carbons (Fsp3) is 0.500. The number of aliphatic hydroxyl groups is 1. The Hall–Kier alpha value is -0.870. The van der Waals surface area contributed by atoms with Gasteiger partial charge in [0.15, 0.2) is 11.5 Å². The van der Waals surface area contributed by atoms with E-state index in [9.17, 15) is 0 Å². The lowest BCUT2D eigenvalue weighted by Gasteiger charge is -2.11. The number of rotatable bonds is 7. The Balaban J connectivity index is 2.57. The summed E-state index contributed by atoms with van der Waals surface area (Å²) in [6, 6.07) is 5.47. The van der Waals surface area contributed by atoms with Gasteiger partial charge < -0.3 is 14.6 Å². The highest BCUT2D eigenvalue weighted by molar-refractivity contribution is 7.98. The van der Waals surface area contributed by atoms with Crippen molar-refractivity contribution in [3.8, 4) is 11.5 Å². The normalized spacial score (nSPS) is 10.2. The van der Waals surface area contributed by atoms with Crippen LogP contribution in [0.5, 0.6) is 11.5 Å². The highest BCUT2D eigenvalue weighted by Gasteiger charge is 2.04. The SMILES string of the molecule is COc1cc(CO)ccc1OCCCSC. The van der Waals surface area contributed by atoms with Crippen molar-refractivity contribution in [3.05, 3.63) is 23.8 Å². The third kappa shape index (κ3) is 3.94. The van der Waals surface area contributed by atoms with Gasteiger partial charge in [0, 0.05) is 0 Å². The molecule has 0 amide bonds. The number of hydrogen-bond donors (Lipinski definition) is 1. The Bertz CT molecular complexity index is 315. The van der Waals surface area contributed by atoms with Crippen molar-refractivity contribution in [1.29, 1.82) is 0 Å². The topological polar surface area (TPSA) is 38.7 Å². The summed E-state index contributed by atoms with van der Waals surface area (Å²) in [7, 11) is 1.60. The first kappa shape index (κ1) is 13.2. The average Bonchev–Trinajstić information content (AvgIpc) is 2.34. The van der Waals surface area contributed by atoms with Crippen LogP contribution in [-0.4, -0.2) is 30.8 Å². The molecule has 0 heterocycles. The van der Waals surface area contributed by atoms with Gasteiger partial charge in [0.05, 0.1) is 20.3 Å². The third-order valence-corrected chi connectivity index (χ3v) is 2.86. The fourth-order valence-corrected chi connectivity index (χ4v) is 1.72. The second-order valence-corrected chi connectivity index (χ2v) is 4.32. The van der Waals surface area contributed by atoms with Crippen LogP contribution in [0, 0.1) is 0 Å². The predicted octanol–water partition coefficient (Wildman–Crippen LogP) is 2.32. The molecule has 0 aliphatic carbocycles. The van der Waals surface area contributed by atoms with Gasteiger partial charge in [-0.05, 0) is 36.1 Å². The van der Waals surface area contributed by atoms with Gasteiger partial charge in [0.1, 0.15) is 0 Å². The second-order valence-electron chi connectivity index (χ2n) is 3.34. The van der Waals surface area contributed by atoms with Crippen molar-refractivity contribution < 1.29 is 14.6 Å². The average molecular weight is 242 g/mol. The van der Waals surface area contributed by atoms with Crippen LogP contribution < -0.4 is 9.47 Å². The van der Waals surface area contributed by atoms with Crippen molar-refractivity contribution >= 4 is 11.8 Å². The van der Waals surface area contributed by atoms with E-state index in [1.807, 2.05) is 23.9 Å². The van der Waals surface area contributed by atoms with Crippen molar-refractivity contribution in [2.24, 2.45) is 0 Å². The summed E-state index contributed by atoms with van der Waals surface area (Å²) in [4.78, 5) is 0. The summed E-state index contributed by atoms with van der Waals surface area (Å²) in [5.74, 6) is 2.51. The minimum atomic E-state index is 0.0170. The van der Waals surface area contributed by atoms with Crippen LogP contribution in [-0.2, 0) is 6.61 Å². The van der Waals surface area contributed by atoms with E-state index in [2.05, 4.69) is 6.26 Å². The molecule has 1 aromatic rings. The molecule has 4 heteroatoms. The predicted molar refractivity (Wildman–Crippen MR) is 67.4 cm³/mol.